The Labute approximate surface area is 107 Å². The zero-order valence-electron chi connectivity index (χ0n) is 10.6. The number of carbonyl (C=O) groups is 1. The number of hydrogen-bond acceptors (Lipinski definition) is 4. The molecule has 0 radical (unpaired) electrons. The SMILES string of the molecule is CC1CCC(CO)(NS(=O)(=O)CCC(=O)O)CC1. The number of aliphatic carboxylic acids is 1. The zero-order chi connectivity index (χ0) is 13.8. The van der Waals surface area contributed by atoms with Gasteiger partial charge in [0.05, 0.1) is 24.3 Å². The van der Waals surface area contributed by atoms with Crippen LogP contribution >= 0.6 is 0 Å². The van der Waals surface area contributed by atoms with Crippen LogP contribution in [0.15, 0.2) is 0 Å². The Morgan fingerprint density at radius 1 is 1.39 bits per heavy atom. The van der Waals surface area contributed by atoms with Crippen molar-refractivity contribution in [1.82, 2.24) is 4.72 Å². The van der Waals surface area contributed by atoms with Crippen molar-refractivity contribution >= 4 is 16.0 Å². The third kappa shape index (κ3) is 4.55. The minimum Gasteiger partial charge on any atom is -0.481 e. The van der Waals surface area contributed by atoms with Gasteiger partial charge >= 0.3 is 5.97 Å². The van der Waals surface area contributed by atoms with Gasteiger partial charge in [-0.2, -0.15) is 0 Å². The molecule has 6 nitrogen and oxygen atoms in total. The highest BCUT2D eigenvalue weighted by molar-refractivity contribution is 7.89. The molecule has 0 saturated heterocycles. The molecule has 0 aromatic heterocycles. The van der Waals surface area contributed by atoms with E-state index in [2.05, 4.69) is 11.6 Å². The molecule has 0 atom stereocenters. The van der Waals surface area contributed by atoms with Crippen molar-refractivity contribution in [2.75, 3.05) is 12.4 Å². The summed E-state index contributed by atoms with van der Waals surface area (Å²) in [7, 11) is -3.66. The van der Waals surface area contributed by atoms with Gasteiger partial charge in [-0.25, -0.2) is 13.1 Å². The first-order chi connectivity index (χ1) is 8.29. The Kier molecular flexibility index (Phi) is 5.12. The Hall–Kier alpha value is -0.660. The van der Waals surface area contributed by atoms with Gasteiger partial charge in [0, 0.05) is 0 Å². The number of aliphatic hydroxyl groups excluding tert-OH is 1. The fourth-order valence-electron chi connectivity index (χ4n) is 2.21. The first-order valence-corrected chi connectivity index (χ1v) is 7.78. The van der Waals surface area contributed by atoms with Crippen molar-refractivity contribution < 1.29 is 23.4 Å². The molecule has 0 amide bonds. The molecule has 0 heterocycles. The van der Waals surface area contributed by atoms with E-state index in [1.165, 1.54) is 0 Å². The second-order valence-corrected chi connectivity index (χ2v) is 7.03. The quantitative estimate of drug-likeness (QED) is 0.649. The number of rotatable bonds is 6. The summed E-state index contributed by atoms with van der Waals surface area (Å²) in [6.45, 7) is 1.85. The minimum absolute atomic E-state index is 0.244. The van der Waals surface area contributed by atoms with Crippen molar-refractivity contribution in [2.24, 2.45) is 5.92 Å². The third-order valence-corrected chi connectivity index (χ3v) is 4.98. The fraction of sp³-hybridized carbons (Fsp3) is 0.909. The van der Waals surface area contributed by atoms with Gasteiger partial charge in [0.25, 0.3) is 0 Å². The molecular weight excluding hydrogens is 258 g/mol. The van der Waals surface area contributed by atoms with Crippen LogP contribution in [-0.2, 0) is 14.8 Å². The van der Waals surface area contributed by atoms with Crippen LogP contribution in [-0.4, -0.2) is 42.5 Å². The Morgan fingerprint density at radius 3 is 2.39 bits per heavy atom. The molecule has 1 aliphatic rings. The first-order valence-electron chi connectivity index (χ1n) is 6.13. The van der Waals surface area contributed by atoms with Gasteiger partial charge in [-0.3, -0.25) is 4.79 Å². The van der Waals surface area contributed by atoms with E-state index in [0.717, 1.165) is 12.8 Å². The van der Waals surface area contributed by atoms with Gasteiger partial charge in [-0.05, 0) is 31.6 Å². The Bertz CT molecular complexity index is 384. The minimum atomic E-state index is -3.66. The lowest BCUT2D eigenvalue weighted by Gasteiger charge is -2.38. The molecule has 1 rings (SSSR count). The van der Waals surface area contributed by atoms with Crippen LogP contribution < -0.4 is 4.72 Å². The van der Waals surface area contributed by atoms with Crippen LogP contribution in [0, 0.1) is 5.92 Å². The van der Waals surface area contributed by atoms with Gasteiger partial charge in [-0.1, -0.05) is 6.92 Å². The lowest BCUT2D eigenvalue weighted by atomic mass is 9.78. The maximum absolute atomic E-state index is 11.8. The van der Waals surface area contributed by atoms with Gasteiger partial charge in [0.15, 0.2) is 0 Å². The van der Waals surface area contributed by atoms with Crippen LogP contribution in [0.1, 0.15) is 39.0 Å². The van der Waals surface area contributed by atoms with E-state index in [-0.39, 0.29) is 6.61 Å². The second kappa shape index (κ2) is 5.99. The molecule has 0 unspecified atom stereocenters. The van der Waals surface area contributed by atoms with E-state index in [1.54, 1.807) is 0 Å². The summed E-state index contributed by atoms with van der Waals surface area (Å²) in [6, 6.07) is 0. The maximum Gasteiger partial charge on any atom is 0.304 e. The molecule has 0 spiro atoms. The number of carboxylic acid groups (broad SMARTS) is 1. The number of hydrogen-bond donors (Lipinski definition) is 3. The molecule has 106 valence electrons. The summed E-state index contributed by atoms with van der Waals surface area (Å²) in [6.07, 6.45) is 2.49. The Morgan fingerprint density at radius 2 is 1.94 bits per heavy atom. The Balaban J connectivity index is 2.64. The molecule has 0 aromatic rings. The van der Waals surface area contributed by atoms with Crippen molar-refractivity contribution in [3.05, 3.63) is 0 Å². The lowest BCUT2D eigenvalue weighted by Crippen LogP contribution is -2.53. The standard InChI is InChI=1S/C11H21NO5S/c1-9-2-5-11(8-13,6-3-9)12-18(16,17)7-4-10(14)15/h9,12-13H,2-8H2,1H3,(H,14,15). The predicted octanol–water partition coefficient (Wildman–Crippen LogP) is 0.322. The average molecular weight is 279 g/mol. The zero-order valence-corrected chi connectivity index (χ0v) is 11.4. The van der Waals surface area contributed by atoms with E-state index < -0.39 is 33.7 Å². The maximum atomic E-state index is 11.8. The molecule has 1 fully saturated rings. The third-order valence-electron chi connectivity index (χ3n) is 3.49. The van der Waals surface area contributed by atoms with Gasteiger partial charge < -0.3 is 10.2 Å². The molecule has 0 bridgehead atoms. The molecule has 18 heavy (non-hydrogen) atoms. The lowest BCUT2D eigenvalue weighted by molar-refractivity contribution is -0.136. The van der Waals surface area contributed by atoms with E-state index in [0.29, 0.717) is 18.8 Å². The molecule has 3 N–H and O–H groups in total. The first kappa shape index (κ1) is 15.4. The number of sulfonamides is 1. The topological polar surface area (TPSA) is 104 Å². The van der Waals surface area contributed by atoms with Crippen molar-refractivity contribution in [1.29, 1.82) is 0 Å². The highest BCUT2D eigenvalue weighted by Crippen LogP contribution is 2.32. The van der Waals surface area contributed by atoms with Crippen LogP contribution in [0.5, 0.6) is 0 Å². The summed E-state index contributed by atoms with van der Waals surface area (Å²) in [4.78, 5) is 10.4. The molecule has 7 heteroatoms. The number of aliphatic hydroxyl groups is 1. The summed E-state index contributed by atoms with van der Waals surface area (Å²) in [5.74, 6) is -1.05. The smallest absolute Gasteiger partial charge is 0.304 e. The van der Waals surface area contributed by atoms with E-state index in [1.807, 2.05) is 0 Å². The van der Waals surface area contributed by atoms with E-state index in [4.69, 9.17) is 5.11 Å². The fourth-order valence-corrected chi connectivity index (χ4v) is 3.68. The highest BCUT2D eigenvalue weighted by atomic mass is 32.2. The van der Waals surface area contributed by atoms with Gasteiger partial charge in [0.2, 0.25) is 10.0 Å². The predicted molar refractivity (Wildman–Crippen MR) is 66.6 cm³/mol. The monoisotopic (exact) mass is 279 g/mol. The molecular formula is C11H21NO5S. The van der Waals surface area contributed by atoms with Crippen molar-refractivity contribution in [2.45, 2.75) is 44.6 Å². The summed E-state index contributed by atoms with van der Waals surface area (Å²) in [5.41, 5.74) is -0.802. The van der Waals surface area contributed by atoms with Gasteiger partial charge in [-0.15, -0.1) is 0 Å². The normalized spacial score (nSPS) is 29.1. The average Bonchev–Trinajstić information content (AvgIpc) is 2.30. The van der Waals surface area contributed by atoms with Gasteiger partial charge in [0.1, 0.15) is 0 Å². The molecule has 1 aliphatic carbocycles. The summed E-state index contributed by atoms with van der Waals surface area (Å²) < 4.78 is 26.0. The second-order valence-electron chi connectivity index (χ2n) is 5.19. The molecule has 0 aromatic carbocycles. The summed E-state index contributed by atoms with van der Waals surface area (Å²) in [5, 5.41) is 17.9. The van der Waals surface area contributed by atoms with Crippen molar-refractivity contribution in [3.63, 3.8) is 0 Å². The van der Waals surface area contributed by atoms with Crippen LogP contribution in [0.3, 0.4) is 0 Å². The van der Waals surface area contributed by atoms with E-state index in [9.17, 15) is 18.3 Å². The molecule has 0 aliphatic heterocycles. The van der Waals surface area contributed by atoms with Crippen molar-refractivity contribution in [3.8, 4) is 0 Å². The van der Waals surface area contributed by atoms with Crippen LogP contribution in [0.2, 0.25) is 0 Å². The van der Waals surface area contributed by atoms with Crippen LogP contribution in [0.25, 0.3) is 0 Å². The van der Waals surface area contributed by atoms with Crippen LogP contribution in [0.4, 0.5) is 0 Å². The number of nitrogens with one attached hydrogen (secondary N) is 1. The largest absolute Gasteiger partial charge is 0.481 e. The number of carboxylic acids is 1. The summed E-state index contributed by atoms with van der Waals surface area (Å²) >= 11 is 0. The highest BCUT2D eigenvalue weighted by Gasteiger charge is 2.37. The molecule has 1 saturated carbocycles. The van der Waals surface area contributed by atoms with E-state index >= 15 is 0 Å².